The predicted molar refractivity (Wildman–Crippen MR) is 79.7 cm³/mol. The van der Waals surface area contributed by atoms with E-state index in [0.717, 1.165) is 25.7 Å². The van der Waals surface area contributed by atoms with Crippen LogP contribution in [0.4, 0.5) is 5.69 Å². The first kappa shape index (κ1) is 15.9. The zero-order chi connectivity index (χ0) is 15.5. The maximum Gasteiger partial charge on any atom is 0.269 e. The largest absolute Gasteiger partial charge is 0.327 e. The van der Waals surface area contributed by atoms with Gasteiger partial charge in [0.05, 0.1) is 15.6 Å². The highest BCUT2D eigenvalue weighted by molar-refractivity contribution is 7.91. The molecule has 1 fully saturated rings. The Morgan fingerprint density at radius 2 is 1.76 bits per heavy atom. The molecular weight excluding hydrogens is 292 g/mol. The van der Waals surface area contributed by atoms with Gasteiger partial charge in [-0.1, -0.05) is 19.3 Å². The Bertz CT molecular complexity index is 592. The standard InChI is InChI=1S/C14H20N2O4S/c15-14(11-4-2-1-3-5-11)10-21(19,20)13-8-6-12(7-9-13)16(17)18/h6-9,11,14H,1-5,10,15H2. The number of nitrogens with two attached hydrogens (primary N) is 1. The highest BCUT2D eigenvalue weighted by Gasteiger charge is 2.26. The Hall–Kier alpha value is -1.47. The lowest BCUT2D eigenvalue weighted by Crippen LogP contribution is -2.38. The fourth-order valence-electron chi connectivity index (χ4n) is 2.82. The minimum atomic E-state index is -3.50. The summed E-state index contributed by atoms with van der Waals surface area (Å²) in [5.74, 6) is 0.154. The van der Waals surface area contributed by atoms with Gasteiger partial charge in [-0.3, -0.25) is 10.1 Å². The van der Waals surface area contributed by atoms with Gasteiger partial charge >= 0.3 is 0 Å². The number of nitro benzene ring substituents is 1. The van der Waals surface area contributed by atoms with Crippen LogP contribution in [0.5, 0.6) is 0 Å². The van der Waals surface area contributed by atoms with Gasteiger partial charge < -0.3 is 5.73 Å². The number of nitro groups is 1. The lowest BCUT2D eigenvalue weighted by molar-refractivity contribution is -0.384. The third kappa shape index (κ3) is 4.01. The highest BCUT2D eigenvalue weighted by Crippen LogP contribution is 2.27. The molecule has 0 radical (unpaired) electrons. The molecule has 1 saturated carbocycles. The molecule has 6 nitrogen and oxygen atoms in total. The number of sulfone groups is 1. The third-order valence-electron chi connectivity index (χ3n) is 4.07. The second-order valence-electron chi connectivity index (χ2n) is 5.59. The number of hydrogen-bond acceptors (Lipinski definition) is 5. The zero-order valence-electron chi connectivity index (χ0n) is 11.8. The summed E-state index contributed by atoms with van der Waals surface area (Å²) in [7, 11) is -3.50. The summed E-state index contributed by atoms with van der Waals surface area (Å²) >= 11 is 0. The Balaban J connectivity index is 2.08. The van der Waals surface area contributed by atoms with Gasteiger partial charge in [0.2, 0.25) is 0 Å². The first-order chi connectivity index (χ1) is 9.90. The maximum absolute atomic E-state index is 12.3. The van der Waals surface area contributed by atoms with E-state index in [9.17, 15) is 18.5 Å². The average Bonchev–Trinajstić information content (AvgIpc) is 2.48. The normalized spacial score (nSPS) is 18.3. The van der Waals surface area contributed by atoms with Crippen LogP contribution < -0.4 is 5.73 Å². The van der Waals surface area contributed by atoms with E-state index in [1.54, 1.807) is 0 Å². The van der Waals surface area contributed by atoms with Crippen molar-refractivity contribution in [2.45, 2.75) is 43.0 Å². The van der Waals surface area contributed by atoms with E-state index in [1.807, 2.05) is 0 Å². The van der Waals surface area contributed by atoms with Crippen molar-refractivity contribution in [2.24, 2.45) is 11.7 Å². The lowest BCUT2D eigenvalue weighted by Gasteiger charge is -2.27. The van der Waals surface area contributed by atoms with Gasteiger partial charge in [-0.25, -0.2) is 8.42 Å². The van der Waals surface area contributed by atoms with E-state index in [1.165, 1.54) is 30.7 Å². The molecule has 1 aromatic rings. The van der Waals surface area contributed by atoms with E-state index in [4.69, 9.17) is 5.73 Å². The molecule has 0 spiro atoms. The molecule has 1 aliphatic rings. The molecule has 1 atom stereocenters. The lowest BCUT2D eigenvalue weighted by atomic mass is 9.85. The van der Waals surface area contributed by atoms with Gasteiger partial charge in [-0.2, -0.15) is 0 Å². The van der Waals surface area contributed by atoms with Crippen molar-refractivity contribution in [3.05, 3.63) is 34.4 Å². The number of benzene rings is 1. The molecule has 0 heterocycles. The Kier molecular flexibility index (Phi) is 4.95. The fraction of sp³-hybridized carbons (Fsp3) is 0.571. The quantitative estimate of drug-likeness (QED) is 0.663. The van der Waals surface area contributed by atoms with Crippen LogP contribution >= 0.6 is 0 Å². The predicted octanol–water partition coefficient (Wildman–Crippen LogP) is 2.28. The topological polar surface area (TPSA) is 103 Å². The van der Waals surface area contributed by atoms with E-state index < -0.39 is 14.8 Å². The number of nitrogens with zero attached hydrogens (tertiary/aromatic N) is 1. The first-order valence-corrected chi connectivity index (χ1v) is 8.78. The summed E-state index contributed by atoms with van der Waals surface area (Å²) in [6, 6.07) is 4.60. The molecule has 21 heavy (non-hydrogen) atoms. The smallest absolute Gasteiger partial charge is 0.269 e. The Morgan fingerprint density at radius 1 is 1.19 bits per heavy atom. The third-order valence-corrected chi connectivity index (χ3v) is 5.89. The van der Waals surface area contributed by atoms with Gasteiger partial charge in [-0.15, -0.1) is 0 Å². The van der Waals surface area contributed by atoms with Gasteiger partial charge in [0, 0.05) is 18.2 Å². The zero-order valence-corrected chi connectivity index (χ0v) is 12.6. The molecule has 1 unspecified atom stereocenters. The Morgan fingerprint density at radius 3 is 2.29 bits per heavy atom. The van der Waals surface area contributed by atoms with Crippen LogP contribution in [0, 0.1) is 16.0 Å². The van der Waals surface area contributed by atoms with Gasteiger partial charge in [-0.05, 0) is 30.9 Å². The molecule has 2 rings (SSSR count). The van der Waals surface area contributed by atoms with Crippen LogP contribution in [-0.2, 0) is 9.84 Å². The molecule has 0 bridgehead atoms. The van der Waals surface area contributed by atoms with Crippen LogP contribution in [-0.4, -0.2) is 25.1 Å². The van der Waals surface area contributed by atoms with Gasteiger partial charge in [0.25, 0.3) is 5.69 Å². The molecule has 116 valence electrons. The summed E-state index contributed by atoms with van der Waals surface area (Å²) in [4.78, 5) is 10.1. The van der Waals surface area contributed by atoms with Crippen LogP contribution in [0.15, 0.2) is 29.2 Å². The molecule has 0 saturated heterocycles. The van der Waals surface area contributed by atoms with E-state index >= 15 is 0 Å². The average molecular weight is 312 g/mol. The summed E-state index contributed by atoms with van der Waals surface area (Å²) < 4.78 is 24.6. The van der Waals surface area contributed by atoms with Crippen LogP contribution in [0.3, 0.4) is 0 Å². The molecule has 1 aliphatic carbocycles. The Labute approximate surface area is 124 Å². The molecule has 7 heteroatoms. The summed E-state index contributed by atoms with van der Waals surface area (Å²) in [5.41, 5.74) is 5.94. The summed E-state index contributed by atoms with van der Waals surface area (Å²) in [6.07, 6.45) is 5.37. The summed E-state index contributed by atoms with van der Waals surface area (Å²) in [5, 5.41) is 10.6. The number of non-ortho nitro benzene ring substituents is 1. The van der Waals surface area contributed by atoms with Crippen molar-refractivity contribution in [1.82, 2.24) is 0 Å². The number of rotatable bonds is 5. The molecule has 0 amide bonds. The van der Waals surface area contributed by atoms with E-state index in [2.05, 4.69) is 0 Å². The minimum Gasteiger partial charge on any atom is -0.327 e. The van der Waals surface area contributed by atoms with E-state index in [0.29, 0.717) is 0 Å². The molecule has 2 N–H and O–H groups in total. The molecular formula is C14H20N2O4S. The second kappa shape index (κ2) is 6.53. The first-order valence-electron chi connectivity index (χ1n) is 7.13. The molecule has 1 aromatic carbocycles. The maximum atomic E-state index is 12.3. The van der Waals surface area contributed by atoms with Crippen molar-refractivity contribution in [3.63, 3.8) is 0 Å². The van der Waals surface area contributed by atoms with Gasteiger partial charge in [0.15, 0.2) is 9.84 Å². The minimum absolute atomic E-state index is 0.0966. The number of hydrogen-bond donors (Lipinski definition) is 1. The monoisotopic (exact) mass is 312 g/mol. The molecule has 0 aromatic heterocycles. The second-order valence-corrected chi connectivity index (χ2v) is 7.63. The fourth-order valence-corrected chi connectivity index (χ4v) is 4.35. The summed E-state index contributed by atoms with van der Waals surface area (Å²) in [6.45, 7) is 0. The highest BCUT2D eigenvalue weighted by atomic mass is 32.2. The van der Waals surface area contributed by atoms with Crippen molar-refractivity contribution in [2.75, 3.05) is 5.75 Å². The van der Waals surface area contributed by atoms with Crippen molar-refractivity contribution < 1.29 is 13.3 Å². The molecule has 0 aliphatic heterocycles. The van der Waals surface area contributed by atoms with Crippen LogP contribution in [0.25, 0.3) is 0 Å². The van der Waals surface area contributed by atoms with Crippen molar-refractivity contribution >= 4 is 15.5 Å². The van der Waals surface area contributed by atoms with Gasteiger partial charge in [0.1, 0.15) is 0 Å². The van der Waals surface area contributed by atoms with Crippen molar-refractivity contribution in [1.29, 1.82) is 0 Å². The van der Waals surface area contributed by atoms with Crippen LogP contribution in [0.2, 0.25) is 0 Å². The van der Waals surface area contributed by atoms with E-state index in [-0.39, 0.29) is 28.3 Å². The SMILES string of the molecule is NC(CS(=O)(=O)c1ccc([N+](=O)[O-])cc1)C1CCCCC1. The van der Waals surface area contributed by atoms with Crippen molar-refractivity contribution in [3.8, 4) is 0 Å². The van der Waals surface area contributed by atoms with Crippen LogP contribution in [0.1, 0.15) is 32.1 Å².